The maximum absolute atomic E-state index is 6.00. The third kappa shape index (κ3) is 2.30. The summed E-state index contributed by atoms with van der Waals surface area (Å²) in [4.78, 5) is 6.68. The summed E-state index contributed by atoms with van der Waals surface area (Å²) in [6.07, 6.45) is 3.93. The van der Waals surface area contributed by atoms with Crippen molar-refractivity contribution in [2.45, 2.75) is 32.7 Å². The van der Waals surface area contributed by atoms with Crippen molar-refractivity contribution in [2.75, 3.05) is 18.0 Å². The zero-order chi connectivity index (χ0) is 13.4. The van der Waals surface area contributed by atoms with E-state index >= 15 is 0 Å². The van der Waals surface area contributed by atoms with Gasteiger partial charge in [-0.05, 0) is 50.3 Å². The van der Waals surface area contributed by atoms with Crippen molar-refractivity contribution >= 4 is 11.5 Å². The minimum absolute atomic E-state index is 0.297. The van der Waals surface area contributed by atoms with Gasteiger partial charge in [0.1, 0.15) is 12.1 Å². The van der Waals surface area contributed by atoms with Crippen LogP contribution in [0.1, 0.15) is 25.3 Å². The number of anilines is 1. The zero-order valence-corrected chi connectivity index (χ0v) is 11.6. The average Bonchev–Trinajstić information content (AvgIpc) is 2.85. The predicted molar refractivity (Wildman–Crippen MR) is 76.3 cm³/mol. The molecule has 1 fully saturated rings. The third-order valence-corrected chi connectivity index (χ3v) is 4.11. The number of aryl methyl sites for hydroxylation is 1. The molecule has 0 spiro atoms. The van der Waals surface area contributed by atoms with Crippen LogP contribution in [0.3, 0.4) is 0 Å². The topological polar surface area (TPSA) is 59.5 Å². The molecule has 3 heterocycles. The molecule has 5 heteroatoms. The van der Waals surface area contributed by atoms with E-state index in [4.69, 9.17) is 5.73 Å². The number of nitrogens with zero attached hydrogens (tertiary/aromatic N) is 4. The number of pyridine rings is 1. The van der Waals surface area contributed by atoms with Crippen molar-refractivity contribution in [3.8, 4) is 0 Å². The molecule has 1 aliphatic rings. The maximum Gasteiger partial charge on any atom is 0.157 e. The lowest BCUT2D eigenvalue weighted by Crippen LogP contribution is -2.40. The Morgan fingerprint density at radius 1 is 1.32 bits per heavy atom. The minimum atomic E-state index is 0.297. The first-order chi connectivity index (χ1) is 9.15. The summed E-state index contributed by atoms with van der Waals surface area (Å²) in [5, 5.41) is 4.33. The largest absolute Gasteiger partial charge is 0.356 e. The van der Waals surface area contributed by atoms with Gasteiger partial charge in [-0.2, -0.15) is 9.61 Å². The first-order valence-electron chi connectivity index (χ1n) is 6.96. The Kier molecular flexibility index (Phi) is 3.14. The lowest BCUT2D eigenvalue weighted by Gasteiger charge is -2.35. The van der Waals surface area contributed by atoms with E-state index in [0.717, 1.165) is 37.4 Å². The second-order valence-electron chi connectivity index (χ2n) is 5.60. The Labute approximate surface area is 113 Å². The van der Waals surface area contributed by atoms with Crippen LogP contribution in [0.4, 0.5) is 5.82 Å². The van der Waals surface area contributed by atoms with Gasteiger partial charge in [-0.25, -0.2) is 4.98 Å². The molecule has 2 N–H and O–H groups in total. The first kappa shape index (κ1) is 12.4. The highest BCUT2D eigenvalue weighted by Crippen LogP contribution is 2.25. The molecule has 0 saturated carbocycles. The number of rotatable bonds is 2. The van der Waals surface area contributed by atoms with Crippen LogP contribution in [0.2, 0.25) is 0 Å². The van der Waals surface area contributed by atoms with Crippen LogP contribution in [0.15, 0.2) is 18.5 Å². The normalized spacial score (nSPS) is 19.0. The van der Waals surface area contributed by atoms with Crippen LogP contribution in [-0.4, -0.2) is 33.7 Å². The summed E-state index contributed by atoms with van der Waals surface area (Å²) >= 11 is 0. The van der Waals surface area contributed by atoms with Crippen LogP contribution >= 0.6 is 0 Å². The highest BCUT2D eigenvalue weighted by atomic mass is 15.4. The van der Waals surface area contributed by atoms with E-state index in [1.807, 2.05) is 4.52 Å². The number of nitrogens with two attached hydrogens (primary N) is 1. The van der Waals surface area contributed by atoms with Gasteiger partial charge in [-0.3, -0.25) is 0 Å². The molecule has 19 heavy (non-hydrogen) atoms. The van der Waals surface area contributed by atoms with Crippen LogP contribution < -0.4 is 10.6 Å². The van der Waals surface area contributed by atoms with Gasteiger partial charge >= 0.3 is 0 Å². The smallest absolute Gasteiger partial charge is 0.157 e. The molecule has 5 nitrogen and oxygen atoms in total. The Morgan fingerprint density at radius 2 is 2.05 bits per heavy atom. The summed E-state index contributed by atoms with van der Waals surface area (Å²) in [7, 11) is 0. The number of fused-ring (bicyclic) bond motifs is 1. The van der Waals surface area contributed by atoms with E-state index < -0.39 is 0 Å². The number of aromatic nitrogens is 3. The van der Waals surface area contributed by atoms with Gasteiger partial charge in [0.15, 0.2) is 5.65 Å². The van der Waals surface area contributed by atoms with E-state index in [0.29, 0.717) is 12.0 Å². The monoisotopic (exact) mass is 259 g/mol. The average molecular weight is 259 g/mol. The van der Waals surface area contributed by atoms with Gasteiger partial charge in [0.2, 0.25) is 0 Å². The standard InChI is InChI=1S/C14H21N5/c1-10-7-13-16-9-17-19(13)14(8-10)18-5-3-12(4-6-18)11(2)15/h7-9,11-12H,3-6,15H2,1-2H3. The first-order valence-corrected chi connectivity index (χ1v) is 6.96. The van der Waals surface area contributed by atoms with Crippen molar-refractivity contribution in [2.24, 2.45) is 11.7 Å². The number of hydrogen-bond donors (Lipinski definition) is 1. The molecular formula is C14H21N5. The Balaban J connectivity index is 1.87. The highest BCUT2D eigenvalue weighted by molar-refractivity contribution is 5.53. The molecule has 0 aliphatic carbocycles. The van der Waals surface area contributed by atoms with Crippen molar-refractivity contribution in [3.63, 3.8) is 0 Å². The highest BCUT2D eigenvalue weighted by Gasteiger charge is 2.23. The molecule has 2 aromatic rings. The van der Waals surface area contributed by atoms with E-state index in [2.05, 4.69) is 41.0 Å². The molecule has 1 aliphatic heterocycles. The Bertz CT molecular complexity index is 566. The zero-order valence-electron chi connectivity index (χ0n) is 11.6. The van der Waals surface area contributed by atoms with Crippen molar-refractivity contribution < 1.29 is 0 Å². The number of piperidine rings is 1. The SMILES string of the molecule is Cc1cc(N2CCC(C(C)N)CC2)n2ncnc2c1. The van der Waals surface area contributed by atoms with Crippen LogP contribution in [0.25, 0.3) is 5.65 Å². The Morgan fingerprint density at radius 3 is 2.74 bits per heavy atom. The van der Waals surface area contributed by atoms with Gasteiger partial charge in [-0.15, -0.1) is 0 Å². The summed E-state index contributed by atoms with van der Waals surface area (Å²) < 4.78 is 1.93. The summed E-state index contributed by atoms with van der Waals surface area (Å²) in [6, 6.07) is 4.55. The summed E-state index contributed by atoms with van der Waals surface area (Å²) in [5.41, 5.74) is 8.15. The van der Waals surface area contributed by atoms with Gasteiger partial charge < -0.3 is 10.6 Å². The van der Waals surface area contributed by atoms with Gasteiger partial charge in [0.05, 0.1) is 0 Å². The maximum atomic E-state index is 6.00. The number of hydrogen-bond acceptors (Lipinski definition) is 4. The van der Waals surface area contributed by atoms with Crippen LogP contribution in [0, 0.1) is 12.8 Å². The Hall–Kier alpha value is -1.62. The molecule has 1 atom stereocenters. The molecule has 0 amide bonds. The van der Waals surface area contributed by atoms with Crippen molar-refractivity contribution in [1.29, 1.82) is 0 Å². The fourth-order valence-electron chi connectivity index (χ4n) is 2.92. The van der Waals surface area contributed by atoms with Gasteiger partial charge in [0.25, 0.3) is 0 Å². The predicted octanol–water partition coefficient (Wildman–Crippen LogP) is 1.60. The molecule has 0 radical (unpaired) electrons. The van der Waals surface area contributed by atoms with Crippen molar-refractivity contribution in [3.05, 3.63) is 24.0 Å². The molecule has 0 aromatic carbocycles. The third-order valence-electron chi connectivity index (χ3n) is 4.11. The van der Waals surface area contributed by atoms with E-state index in [1.54, 1.807) is 6.33 Å². The van der Waals surface area contributed by atoms with Gasteiger partial charge in [-0.1, -0.05) is 0 Å². The summed E-state index contributed by atoms with van der Waals surface area (Å²) in [5.74, 6) is 1.79. The lowest BCUT2D eigenvalue weighted by molar-refractivity contribution is 0.353. The minimum Gasteiger partial charge on any atom is -0.356 e. The van der Waals surface area contributed by atoms with E-state index in [9.17, 15) is 0 Å². The van der Waals surface area contributed by atoms with E-state index in [1.165, 1.54) is 5.56 Å². The second kappa shape index (κ2) is 4.81. The molecule has 102 valence electrons. The molecule has 1 unspecified atom stereocenters. The lowest BCUT2D eigenvalue weighted by atomic mass is 9.91. The van der Waals surface area contributed by atoms with E-state index in [-0.39, 0.29) is 0 Å². The van der Waals surface area contributed by atoms with Crippen LogP contribution in [-0.2, 0) is 0 Å². The molecular weight excluding hydrogens is 238 g/mol. The van der Waals surface area contributed by atoms with Gasteiger partial charge in [0, 0.05) is 19.1 Å². The second-order valence-corrected chi connectivity index (χ2v) is 5.60. The fourth-order valence-corrected chi connectivity index (χ4v) is 2.92. The molecule has 0 bridgehead atoms. The summed E-state index contributed by atoms with van der Waals surface area (Å²) in [6.45, 7) is 6.31. The van der Waals surface area contributed by atoms with Crippen LogP contribution in [0.5, 0.6) is 0 Å². The molecule has 2 aromatic heterocycles. The van der Waals surface area contributed by atoms with Crippen molar-refractivity contribution in [1.82, 2.24) is 14.6 Å². The quantitative estimate of drug-likeness (QED) is 0.890. The molecule has 1 saturated heterocycles. The fraction of sp³-hybridized carbons (Fsp3) is 0.571. The molecule has 3 rings (SSSR count).